The smallest absolute Gasteiger partial charge is 0.326 e. The summed E-state index contributed by atoms with van der Waals surface area (Å²) in [5.74, 6) is -0.684. The summed E-state index contributed by atoms with van der Waals surface area (Å²) in [4.78, 5) is 25.6. The molecule has 1 saturated heterocycles. The Morgan fingerprint density at radius 1 is 1.50 bits per heavy atom. The van der Waals surface area contributed by atoms with Crippen LogP contribution in [0.4, 0.5) is 0 Å². The number of phenolic OH excluding ortho intramolecular Hbond substituents is 1. The molecule has 0 radical (unpaired) electrons. The molecule has 0 bridgehead atoms. The number of hydrogen-bond donors (Lipinski definition) is 1. The van der Waals surface area contributed by atoms with E-state index in [2.05, 4.69) is 0 Å². The minimum absolute atomic E-state index is 0.118. The molecule has 1 heterocycles. The van der Waals surface area contributed by atoms with Crippen molar-refractivity contribution in [3.05, 3.63) is 34.7 Å². The zero-order valence-electron chi connectivity index (χ0n) is 11.9. The molecular formula is C15H15NO4S2. The number of rotatable bonds is 5. The molecule has 116 valence electrons. The van der Waals surface area contributed by atoms with Gasteiger partial charge in [-0.15, -0.1) is 0 Å². The van der Waals surface area contributed by atoms with Crippen LogP contribution in [0.5, 0.6) is 5.75 Å². The van der Waals surface area contributed by atoms with Crippen molar-refractivity contribution < 1.29 is 19.4 Å². The van der Waals surface area contributed by atoms with Gasteiger partial charge in [-0.1, -0.05) is 43.0 Å². The molecule has 0 spiro atoms. The highest BCUT2D eigenvalue weighted by atomic mass is 32.2. The standard InChI is InChI=1S/C15H15NO4S2/c1-2-6-20-13(18)9-16-14(19)12(22-15(16)21)8-10-4-3-5-11(17)7-10/h3-5,7-8,17H,2,6,9H2,1H3/b12-8-. The van der Waals surface area contributed by atoms with Crippen molar-refractivity contribution in [3.63, 3.8) is 0 Å². The fourth-order valence-corrected chi connectivity index (χ4v) is 3.05. The fourth-order valence-electron chi connectivity index (χ4n) is 1.79. The number of ether oxygens (including phenoxy) is 1. The average Bonchev–Trinajstić information content (AvgIpc) is 2.73. The number of carbonyl (C=O) groups is 2. The minimum atomic E-state index is -0.475. The number of thioether (sulfide) groups is 1. The van der Waals surface area contributed by atoms with Crippen LogP contribution in [-0.2, 0) is 14.3 Å². The highest BCUT2D eigenvalue weighted by Gasteiger charge is 2.33. The third-order valence-electron chi connectivity index (χ3n) is 2.80. The van der Waals surface area contributed by atoms with E-state index in [1.54, 1.807) is 30.3 Å². The Morgan fingerprint density at radius 3 is 2.95 bits per heavy atom. The molecule has 1 aromatic rings. The van der Waals surface area contributed by atoms with Gasteiger partial charge >= 0.3 is 5.97 Å². The highest BCUT2D eigenvalue weighted by Crippen LogP contribution is 2.32. The van der Waals surface area contributed by atoms with Gasteiger partial charge in [0.2, 0.25) is 0 Å². The molecule has 5 nitrogen and oxygen atoms in total. The molecule has 1 aliphatic rings. The number of phenols is 1. The highest BCUT2D eigenvalue weighted by molar-refractivity contribution is 8.26. The van der Waals surface area contributed by atoms with Gasteiger partial charge < -0.3 is 9.84 Å². The van der Waals surface area contributed by atoms with Crippen LogP contribution in [-0.4, -0.2) is 39.4 Å². The lowest BCUT2D eigenvalue weighted by Gasteiger charge is -2.13. The molecular weight excluding hydrogens is 322 g/mol. The van der Waals surface area contributed by atoms with E-state index in [1.807, 2.05) is 6.92 Å². The van der Waals surface area contributed by atoms with Gasteiger partial charge in [0.25, 0.3) is 5.91 Å². The Labute approximate surface area is 137 Å². The molecule has 0 aliphatic carbocycles. The minimum Gasteiger partial charge on any atom is -0.508 e. The second-order valence-corrected chi connectivity index (χ2v) is 6.26. The number of amides is 1. The zero-order chi connectivity index (χ0) is 16.1. The van der Waals surface area contributed by atoms with Gasteiger partial charge in [-0.25, -0.2) is 0 Å². The van der Waals surface area contributed by atoms with E-state index >= 15 is 0 Å². The number of nitrogens with zero attached hydrogens (tertiary/aromatic N) is 1. The van der Waals surface area contributed by atoms with E-state index in [1.165, 1.54) is 4.90 Å². The van der Waals surface area contributed by atoms with Crippen LogP contribution in [0.25, 0.3) is 6.08 Å². The fraction of sp³-hybridized carbons (Fsp3) is 0.267. The van der Waals surface area contributed by atoms with Crippen LogP contribution in [0.15, 0.2) is 29.2 Å². The van der Waals surface area contributed by atoms with Gasteiger partial charge in [0.15, 0.2) is 0 Å². The van der Waals surface area contributed by atoms with Gasteiger partial charge in [0.05, 0.1) is 11.5 Å². The van der Waals surface area contributed by atoms with Crippen molar-refractivity contribution in [2.45, 2.75) is 13.3 Å². The summed E-state index contributed by atoms with van der Waals surface area (Å²) in [6, 6.07) is 6.54. The van der Waals surface area contributed by atoms with Crippen LogP contribution in [0, 0.1) is 0 Å². The molecule has 0 atom stereocenters. The van der Waals surface area contributed by atoms with E-state index in [-0.39, 0.29) is 18.2 Å². The second-order valence-electron chi connectivity index (χ2n) is 4.58. The lowest BCUT2D eigenvalue weighted by molar-refractivity contribution is -0.146. The molecule has 1 aliphatic heterocycles. The molecule has 1 amide bonds. The Balaban J connectivity index is 2.10. The van der Waals surface area contributed by atoms with Crippen LogP contribution < -0.4 is 0 Å². The molecule has 0 saturated carbocycles. The predicted octanol–water partition coefficient (Wildman–Crippen LogP) is 2.55. The number of carbonyl (C=O) groups excluding carboxylic acids is 2. The molecule has 1 aromatic carbocycles. The molecule has 22 heavy (non-hydrogen) atoms. The summed E-state index contributed by atoms with van der Waals surface area (Å²) in [6.07, 6.45) is 2.36. The second kappa shape index (κ2) is 7.42. The maximum atomic E-state index is 12.3. The Kier molecular flexibility index (Phi) is 5.57. The Morgan fingerprint density at radius 2 is 2.27 bits per heavy atom. The van der Waals surface area contributed by atoms with Crippen molar-refractivity contribution in [2.75, 3.05) is 13.2 Å². The van der Waals surface area contributed by atoms with Crippen molar-refractivity contribution >= 4 is 46.3 Å². The van der Waals surface area contributed by atoms with E-state index in [4.69, 9.17) is 17.0 Å². The SMILES string of the molecule is CCCOC(=O)CN1C(=O)/C(=C/c2cccc(O)c2)SC1=S. The van der Waals surface area contributed by atoms with Gasteiger partial charge in [0.1, 0.15) is 16.6 Å². The molecule has 0 unspecified atom stereocenters. The Hall–Kier alpha value is -1.86. The summed E-state index contributed by atoms with van der Waals surface area (Å²) >= 11 is 6.27. The van der Waals surface area contributed by atoms with E-state index in [0.29, 0.717) is 21.4 Å². The third kappa shape index (κ3) is 4.08. The first-order chi connectivity index (χ1) is 10.5. The summed E-state index contributed by atoms with van der Waals surface area (Å²) in [5.41, 5.74) is 0.689. The number of hydrogen-bond acceptors (Lipinski definition) is 6. The van der Waals surface area contributed by atoms with Crippen LogP contribution in [0.3, 0.4) is 0 Å². The van der Waals surface area contributed by atoms with Crippen molar-refractivity contribution in [2.24, 2.45) is 0 Å². The first kappa shape index (κ1) is 16.5. The molecule has 0 aromatic heterocycles. The van der Waals surface area contributed by atoms with Crippen molar-refractivity contribution in [1.82, 2.24) is 4.90 Å². The Bertz CT molecular complexity index is 642. The third-order valence-corrected chi connectivity index (χ3v) is 4.17. The molecule has 1 fully saturated rings. The van der Waals surface area contributed by atoms with Crippen LogP contribution >= 0.6 is 24.0 Å². The van der Waals surface area contributed by atoms with E-state index in [0.717, 1.165) is 18.2 Å². The summed E-state index contributed by atoms with van der Waals surface area (Å²) in [6.45, 7) is 2.04. The normalized spacial score (nSPS) is 16.4. The first-order valence-corrected chi connectivity index (χ1v) is 7.93. The zero-order valence-corrected chi connectivity index (χ0v) is 13.6. The van der Waals surface area contributed by atoms with Gasteiger partial charge in [0, 0.05) is 0 Å². The first-order valence-electron chi connectivity index (χ1n) is 6.71. The summed E-state index contributed by atoms with van der Waals surface area (Å²) in [7, 11) is 0. The summed E-state index contributed by atoms with van der Waals surface area (Å²) < 4.78 is 5.29. The lowest BCUT2D eigenvalue weighted by atomic mass is 10.2. The number of aromatic hydroxyl groups is 1. The van der Waals surface area contributed by atoms with Gasteiger partial charge in [-0.05, 0) is 30.2 Å². The van der Waals surface area contributed by atoms with Gasteiger partial charge in [-0.2, -0.15) is 0 Å². The molecule has 2 rings (SSSR count). The van der Waals surface area contributed by atoms with Crippen molar-refractivity contribution in [1.29, 1.82) is 0 Å². The maximum absolute atomic E-state index is 12.3. The summed E-state index contributed by atoms with van der Waals surface area (Å²) in [5, 5.41) is 9.44. The maximum Gasteiger partial charge on any atom is 0.326 e. The molecule has 1 N–H and O–H groups in total. The quantitative estimate of drug-likeness (QED) is 0.506. The van der Waals surface area contributed by atoms with Gasteiger partial charge in [-0.3, -0.25) is 14.5 Å². The number of benzene rings is 1. The number of esters is 1. The van der Waals surface area contributed by atoms with Crippen LogP contribution in [0.2, 0.25) is 0 Å². The largest absolute Gasteiger partial charge is 0.508 e. The lowest BCUT2D eigenvalue weighted by Crippen LogP contribution is -2.34. The number of thiocarbonyl (C=S) groups is 1. The van der Waals surface area contributed by atoms with E-state index < -0.39 is 5.97 Å². The van der Waals surface area contributed by atoms with Crippen molar-refractivity contribution in [3.8, 4) is 5.75 Å². The topological polar surface area (TPSA) is 66.8 Å². The van der Waals surface area contributed by atoms with Crippen LogP contribution in [0.1, 0.15) is 18.9 Å². The monoisotopic (exact) mass is 337 g/mol. The average molecular weight is 337 g/mol. The van der Waals surface area contributed by atoms with E-state index in [9.17, 15) is 14.7 Å². The predicted molar refractivity (Wildman–Crippen MR) is 89.2 cm³/mol. The molecule has 7 heteroatoms.